The van der Waals surface area contributed by atoms with Gasteiger partial charge in [0.15, 0.2) is 0 Å². The van der Waals surface area contributed by atoms with E-state index in [1.165, 1.54) is 11.3 Å². The molecule has 0 amide bonds. The SMILES string of the molecule is Cc1ccccc1NCC1CN(C)CCN1. The zero-order valence-corrected chi connectivity index (χ0v) is 10.2. The zero-order valence-electron chi connectivity index (χ0n) is 10.2. The van der Waals surface area contributed by atoms with Gasteiger partial charge in [-0.2, -0.15) is 0 Å². The van der Waals surface area contributed by atoms with Crippen LogP contribution >= 0.6 is 0 Å². The Labute approximate surface area is 97.8 Å². The predicted molar refractivity (Wildman–Crippen MR) is 69.0 cm³/mol. The quantitative estimate of drug-likeness (QED) is 0.802. The minimum atomic E-state index is 0.554. The van der Waals surface area contributed by atoms with Gasteiger partial charge in [0.05, 0.1) is 0 Å². The Morgan fingerprint density at radius 1 is 1.44 bits per heavy atom. The minimum Gasteiger partial charge on any atom is -0.383 e. The number of para-hydroxylation sites is 1. The van der Waals surface area contributed by atoms with Crippen molar-refractivity contribution in [1.82, 2.24) is 10.2 Å². The van der Waals surface area contributed by atoms with Gasteiger partial charge in [0.1, 0.15) is 0 Å². The molecule has 3 nitrogen and oxygen atoms in total. The number of aryl methyl sites for hydroxylation is 1. The second-order valence-electron chi connectivity index (χ2n) is 4.61. The molecule has 1 atom stereocenters. The number of hydrogen-bond acceptors (Lipinski definition) is 3. The van der Waals surface area contributed by atoms with Crippen molar-refractivity contribution in [3.8, 4) is 0 Å². The number of nitrogens with zero attached hydrogens (tertiary/aromatic N) is 1. The van der Waals surface area contributed by atoms with E-state index in [1.54, 1.807) is 0 Å². The van der Waals surface area contributed by atoms with Crippen LogP contribution in [0.3, 0.4) is 0 Å². The maximum Gasteiger partial charge on any atom is 0.0370 e. The molecule has 88 valence electrons. The van der Waals surface area contributed by atoms with Crippen LogP contribution in [0.15, 0.2) is 24.3 Å². The first kappa shape index (κ1) is 11.4. The standard InChI is InChI=1S/C13H21N3/c1-11-5-3-4-6-13(11)15-9-12-10-16(2)8-7-14-12/h3-6,12,14-15H,7-10H2,1-2H3. The highest BCUT2D eigenvalue weighted by molar-refractivity contribution is 5.50. The molecule has 0 aromatic heterocycles. The molecule has 1 aliphatic heterocycles. The first-order valence-corrected chi connectivity index (χ1v) is 5.97. The van der Waals surface area contributed by atoms with Crippen molar-refractivity contribution in [2.24, 2.45) is 0 Å². The molecule has 0 saturated carbocycles. The average Bonchev–Trinajstić information content (AvgIpc) is 2.28. The molecule has 0 spiro atoms. The summed E-state index contributed by atoms with van der Waals surface area (Å²) in [5, 5.41) is 7.05. The second-order valence-corrected chi connectivity index (χ2v) is 4.61. The first-order chi connectivity index (χ1) is 7.75. The molecule has 3 heteroatoms. The number of likely N-dealkylation sites (N-methyl/N-ethyl adjacent to an activating group) is 1. The normalized spacial score (nSPS) is 22.0. The van der Waals surface area contributed by atoms with E-state index in [0.717, 1.165) is 26.2 Å². The molecular formula is C13H21N3. The third kappa shape index (κ3) is 2.97. The van der Waals surface area contributed by atoms with Crippen LogP contribution in [-0.4, -0.2) is 44.2 Å². The minimum absolute atomic E-state index is 0.554. The Balaban J connectivity index is 1.85. The lowest BCUT2D eigenvalue weighted by molar-refractivity contribution is 0.244. The lowest BCUT2D eigenvalue weighted by Crippen LogP contribution is -2.51. The topological polar surface area (TPSA) is 27.3 Å². The fourth-order valence-corrected chi connectivity index (χ4v) is 2.13. The van der Waals surface area contributed by atoms with Crippen molar-refractivity contribution in [2.75, 3.05) is 38.5 Å². The summed E-state index contributed by atoms with van der Waals surface area (Å²) in [6.07, 6.45) is 0. The van der Waals surface area contributed by atoms with E-state index in [9.17, 15) is 0 Å². The van der Waals surface area contributed by atoms with Crippen LogP contribution in [0.1, 0.15) is 5.56 Å². The number of hydrogen-bond donors (Lipinski definition) is 2. The summed E-state index contributed by atoms with van der Waals surface area (Å²) in [7, 11) is 2.18. The highest BCUT2D eigenvalue weighted by atomic mass is 15.2. The molecule has 0 radical (unpaired) electrons. The van der Waals surface area contributed by atoms with E-state index in [2.05, 4.69) is 53.8 Å². The van der Waals surface area contributed by atoms with Crippen LogP contribution < -0.4 is 10.6 Å². The van der Waals surface area contributed by atoms with Gasteiger partial charge in [-0.05, 0) is 25.6 Å². The van der Waals surface area contributed by atoms with Crippen molar-refractivity contribution in [1.29, 1.82) is 0 Å². The molecule has 0 aliphatic carbocycles. The lowest BCUT2D eigenvalue weighted by atomic mass is 10.1. The van der Waals surface area contributed by atoms with Crippen molar-refractivity contribution >= 4 is 5.69 Å². The molecule has 1 fully saturated rings. The smallest absolute Gasteiger partial charge is 0.0370 e. The van der Waals surface area contributed by atoms with Crippen LogP contribution in [0, 0.1) is 6.92 Å². The molecular weight excluding hydrogens is 198 g/mol. The highest BCUT2D eigenvalue weighted by Gasteiger charge is 2.15. The van der Waals surface area contributed by atoms with Crippen LogP contribution in [0.4, 0.5) is 5.69 Å². The van der Waals surface area contributed by atoms with Crippen LogP contribution in [0.2, 0.25) is 0 Å². The Kier molecular flexibility index (Phi) is 3.80. The van der Waals surface area contributed by atoms with Gasteiger partial charge in [-0.3, -0.25) is 0 Å². The Morgan fingerprint density at radius 2 is 2.25 bits per heavy atom. The Morgan fingerprint density at radius 3 is 3.00 bits per heavy atom. The van der Waals surface area contributed by atoms with Gasteiger partial charge < -0.3 is 15.5 Å². The van der Waals surface area contributed by atoms with Gasteiger partial charge in [0, 0.05) is 37.9 Å². The molecule has 1 saturated heterocycles. The van der Waals surface area contributed by atoms with E-state index >= 15 is 0 Å². The maximum atomic E-state index is 3.54. The monoisotopic (exact) mass is 219 g/mol. The summed E-state index contributed by atoms with van der Waals surface area (Å²) in [6, 6.07) is 8.99. The van der Waals surface area contributed by atoms with Crippen LogP contribution in [0.25, 0.3) is 0 Å². The average molecular weight is 219 g/mol. The summed E-state index contributed by atoms with van der Waals surface area (Å²) in [5.41, 5.74) is 2.56. The van der Waals surface area contributed by atoms with Gasteiger partial charge in [0.25, 0.3) is 0 Å². The van der Waals surface area contributed by atoms with Crippen molar-refractivity contribution in [2.45, 2.75) is 13.0 Å². The van der Waals surface area contributed by atoms with Crippen molar-refractivity contribution < 1.29 is 0 Å². The van der Waals surface area contributed by atoms with Crippen molar-refractivity contribution in [3.05, 3.63) is 29.8 Å². The van der Waals surface area contributed by atoms with Crippen LogP contribution in [0.5, 0.6) is 0 Å². The molecule has 2 rings (SSSR count). The van der Waals surface area contributed by atoms with E-state index in [4.69, 9.17) is 0 Å². The van der Waals surface area contributed by atoms with Gasteiger partial charge in [-0.15, -0.1) is 0 Å². The first-order valence-electron chi connectivity index (χ1n) is 5.97. The number of piperazine rings is 1. The second kappa shape index (κ2) is 5.32. The van der Waals surface area contributed by atoms with E-state index < -0.39 is 0 Å². The Hall–Kier alpha value is -1.06. The maximum absolute atomic E-state index is 3.54. The van der Waals surface area contributed by atoms with E-state index in [1.807, 2.05) is 0 Å². The molecule has 0 bridgehead atoms. The lowest BCUT2D eigenvalue weighted by Gasteiger charge is -2.31. The largest absolute Gasteiger partial charge is 0.383 e. The fourth-order valence-electron chi connectivity index (χ4n) is 2.13. The molecule has 1 aromatic rings. The zero-order chi connectivity index (χ0) is 11.4. The van der Waals surface area contributed by atoms with E-state index in [-0.39, 0.29) is 0 Å². The highest BCUT2D eigenvalue weighted by Crippen LogP contribution is 2.13. The van der Waals surface area contributed by atoms with Gasteiger partial charge >= 0.3 is 0 Å². The summed E-state index contributed by atoms with van der Waals surface area (Å²) in [4.78, 5) is 2.38. The van der Waals surface area contributed by atoms with Crippen LogP contribution in [-0.2, 0) is 0 Å². The molecule has 1 heterocycles. The van der Waals surface area contributed by atoms with Gasteiger partial charge in [0.2, 0.25) is 0 Å². The number of benzene rings is 1. The molecule has 16 heavy (non-hydrogen) atoms. The van der Waals surface area contributed by atoms with Crippen molar-refractivity contribution in [3.63, 3.8) is 0 Å². The summed E-state index contributed by atoms with van der Waals surface area (Å²) < 4.78 is 0. The molecule has 1 unspecified atom stereocenters. The molecule has 1 aliphatic rings. The fraction of sp³-hybridized carbons (Fsp3) is 0.538. The van der Waals surface area contributed by atoms with E-state index in [0.29, 0.717) is 6.04 Å². The summed E-state index contributed by atoms with van der Waals surface area (Å²) in [5.74, 6) is 0. The summed E-state index contributed by atoms with van der Waals surface area (Å²) in [6.45, 7) is 6.51. The predicted octanol–water partition coefficient (Wildman–Crippen LogP) is 1.31. The number of anilines is 1. The van der Waals surface area contributed by atoms with Gasteiger partial charge in [-0.1, -0.05) is 18.2 Å². The third-order valence-electron chi connectivity index (χ3n) is 3.14. The Bertz CT molecular complexity index is 338. The van der Waals surface area contributed by atoms with Gasteiger partial charge in [-0.25, -0.2) is 0 Å². The molecule has 2 N–H and O–H groups in total. The number of rotatable bonds is 3. The summed E-state index contributed by atoms with van der Waals surface area (Å²) >= 11 is 0. The number of nitrogens with one attached hydrogen (secondary N) is 2. The molecule has 1 aromatic carbocycles. The third-order valence-corrected chi connectivity index (χ3v) is 3.14.